The molecule has 0 spiro atoms. The smallest absolute Gasteiger partial charge is 0.305 e. The number of carboxylic acid groups (broad SMARTS) is 1. The Balaban J connectivity index is 1.52. The molecule has 1 unspecified atom stereocenters. The Morgan fingerprint density at radius 2 is 1.91 bits per heavy atom. The summed E-state index contributed by atoms with van der Waals surface area (Å²) in [6.45, 7) is 0.429. The number of unbranched alkanes of at least 4 members (excludes halogenated alkanes) is 1. The first-order valence-corrected chi connectivity index (χ1v) is 12.4. The van der Waals surface area contributed by atoms with E-state index in [1.54, 1.807) is 0 Å². The van der Waals surface area contributed by atoms with Crippen molar-refractivity contribution in [1.29, 1.82) is 0 Å². The fourth-order valence-corrected chi connectivity index (χ4v) is 5.71. The third-order valence-corrected chi connectivity index (χ3v) is 7.70. The lowest BCUT2D eigenvalue weighted by Crippen LogP contribution is -2.40. The zero-order valence-electron chi connectivity index (χ0n) is 17.6. The van der Waals surface area contributed by atoms with Gasteiger partial charge >= 0.3 is 5.97 Å². The Kier molecular flexibility index (Phi) is 8.99. The predicted molar refractivity (Wildman–Crippen MR) is 130 cm³/mol. The lowest BCUT2D eigenvalue weighted by Gasteiger charge is -2.18. The molecule has 0 fully saturated rings. The van der Waals surface area contributed by atoms with E-state index in [4.69, 9.17) is 16.7 Å². The van der Waals surface area contributed by atoms with Crippen LogP contribution in [0.5, 0.6) is 0 Å². The molecule has 2 amide bonds. The largest absolute Gasteiger partial charge is 0.481 e. The molecule has 2 heterocycles. The van der Waals surface area contributed by atoms with E-state index in [9.17, 15) is 19.2 Å². The lowest BCUT2D eigenvalue weighted by molar-refractivity contribution is -0.138. The Bertz CT molecular complexity index is 1130. The highest BCUT2D eigenvalue weighted by atomic mass is 35.5. The molecule has 3 aromatic rings. The summed E-state index contributed by atoms with van der Waals surface area (Å²) < 4.78 is 0.953. The highest BCUT2D eigenvalue weighted by Gasteiger charge is 2.25. The summed E-state index contributed by atoms with van der Waals surface area (Å²) in [6.07, 6.45) is 1.78. The average Bonchev–Trinajstić information content (AvgIpc) is 3.43. The Hall–Kier alpha value is -2.75. The first-order valence-electron chi connectivity index (χ1n) is 10.4. The van der Waals surface area contributed by atoms with Crippen LogP contribution in [0.3, 0.4) is 0 Å². The Labute approximate surface area is 203 Å². The van der Waals surface area contributed by atoms with E-state index >= 15 is 0 Å². The third kappa shape index (κ3) is 6.63. The number of carbonyl (C=O) groups excluding carboxylic acids is 3. The van der Waals surface area contributed by atoms with E-state index in [1.807, 2.05) is 41.8 Å². The van der Waals surface area contributed by atoms with Gasteiger partial charge < -0.3 is 20.5 Å². The minimum absolute atomic E-state index is 0.226. The maximum Gasteiger partial charge on any atom is 0.305 e. The molecule has 3 rings (SSSR count). The first-order chi connectivity index (χ1) is 15.9. The first kappa shape index (κ1) is 24.9. The van der Waals surface area contributed by atoms with Gasteiger partial charge in [-0.25, -0.2) is 0 Å². The molecule has 174 valence electrons. The van der Waals surface area contributed by atoms with Crippen molar-refractivity contribution in [1.82, 2.24) is 10.6 Å². The number of carboxylic acids is 1. The van der Waals surface area contributed by atoms with E-state index in [-0.39, 0.29) is 11.8 Å². The minimum atomic E-state index is -1.16. The summed E-state index contributed by atoms with van der Waals surface area (Å²) in [6, 6.07) is 10.2. The van der Waals surface area contributed by atoms with Gasteiger partial charge in [0.15, 0.2) is 0 Å². The van der Waals surface area contributed by atoms with E-state index in [0.717, 1.165) is 15.0 Å². The summed E-state index contributed by atoms with van der Waals surface area (Å²) >= 11 is 9.13. The number of hydrogen-bond donors (Lipinski definition) is 3. The molecule has 3 N–H and O–H groups in total. The molecule has 0 aliphatic rings. The normalized spacial score (nSPS) is 12.8. The fourth-order valence-electron chi connectivity index (χ4n) is 3.41. The number of fused-ring (bicyclic) bond motifs is 1. The van der Waals surface area contributed by atoms with Gasteiger partial charge in [-0.15, -0.1) is 22.7 Å². The number of amides is 2. The van der Waals surface area contributed by atoms with E-state index in [0.29, 0.717) is 42.0 Å². The Morgan fingerprint density at radius 1 is 1.12 bits per heavy atom. The molecule has 2 atom stereocenters. The summed E-state index contributed by atoms with van der Waals surface area (Å²) in [7, 11) is 0. The summed E-state index contributed by atoms with van der Waals surface area (Å²) in [5.74, 6) is -2.25. The van der Waals surface area contributed by atoms with Crippen LogP contribution < -0.4 is 10.6 Å². The van der Waals surface area contributed by atoms with Gasteiger partial charge in [-0.3, -0.25) is 14.4 Å². The summed E-state index contributed by atoms with van der Waals surface area (Å²) in [4.78, 5) is 48.6. The van der Waals surface area contributed by atoms with Crippen molar-refractivity contribution in [3.8, 4) is 0 Å². The van der Waals surface area contributed by atoms with Crippen LogP contribution in [0.2, 0.25) is 5.02 Å². The maximum absolute atomic E-state index is 12.7. The van der Waals surface area contributed by atoms with Gasteiger partial charge in [0.1, 0.15) is 11.2 Å². The zero-order valence-corrected chi connectivity index (χ0v) is 20.0. The molecular weight excluding hydrogens is 484 g/mol. The van der Waals surface area contributed by atoms with Crippen molar-refractivity contribution in [3.63, 3.8) is 0 Å². The standard InChI is InChI=1S/C23H23ClN2O5S2/c24-20-15-6-1-2-8-18(15)33-21(20)23(31)25-10-4-3-7-16(17-9-5-11-32-17)22(30)26-14(13-27)12-19(28)29/h1-2,5-6,8-9,11,13-14,16H,3-4,7,10,12H2,(H,25,31)(H,26,30)(H,28,29)/t14-,16?/m0/s1. The highest BCUT2D eigenvalue weighted by Crippen LogP contribution is 2.35. The molecule has 7 nitrogen and oxygen atoms in total. The van der Waals surface area contributed by atoms with Gasteiger partial charge in [-0.2, -0.15) is 0 Å². The van der Waals surface area contributed by atoms with Crippen LogP contribution in [0, 0.1) is 0 Å². The third-order valence-electron chi connectivity index (χ3n) is 5.04. The van der Waals surface area contributed by atoms with Gasteiger partial charge in [0.2, 0.25) is 5.91 Å². The molecule has 33 heavy (non-hydrogen) atoms. The molecule has 10 heteroatoms. The fraction of sp³-hybridized carbons (Fsp3) is 0.304. The second kappa shape index (κ2) is 11.9. The number of carbonyl (C=O) groups is 4. The second-order valence-corrected chi connectivity index (χ2v) is 9.82. The van der Waals surface area contributed by atoms with Crippen LogP contribution >= 0.6 is 34.3 Å². The van der Waals surface area contributed by atoms with Gasteiger partial charge in [0.25, 0.3) is 5.91 Å². The van der Waals surface area contributed by atoms with Gasteiger partial charge in [-0.05, 0) is 30.4 Å². The number of aldehydes is 1. The number of hydrogen-bond acceptors (Lipinski definition) is 6. The number of halogens is 1. The molecular formula is C23H23ClN2O5S2. The molecule has 0 saturated heterocycles. The number of aliphatic carboxylic acids is 1. The van der Waals surface area contributed by atoms with Crippen LogP contribution in [-0.2, 0) is 14.4 Å². The molecule has 2 aromatic heterocycles. The lowest BCUT2D eigenvalue weighted by atomic mass is 9.98. The Morgan fingerprint density at radius 3 is 2.58 bits per heavy atom. The average molecular weight is 507 g/mol. The van der Waals surface area contributed by atoms with Crippen molar-refractivity contribution in [2.75, 3.05) is 6.54 Å². The van der Waals surface area contributed by atoms with Crippen molar-refractivity contribution < 1.29 is 24.3 Å². The number of rotatable bonds is 12. The minimum Gasteiger partial charge on any atom is -0.481 e. The van der Waals surface area contributed by atoms with E-state index < -0.39 is 24.3 Å². The van der Waals surface area contributed by atoms with Gasteiger partial charge in [0.05, 0.1) is 23.4 Å². The summed E-state index contributed by atoms with van der Waals surface area (Å²) in [5.41, 5.74) is 0. The predicted octanol–water partition coefficient (Wildman–Crippen LogP) is 4.46. The SMILES string of the molecule is O=C[C@H](CC(=O)O)NC(=O)C(CCCCNC(=O)c1sc2ccccc2c1Cl)c1cccs1. The van der Waals surface area contributed by atoms with Crippen LogP contribution in [0.1, 0.15) is 46.2 Å². The van der Waals surface area contributed by atoms with Crippen LogP contribution in [0.15, 0.2) is 41.8 Å². The van der Waals surface area contributed by atoms with Crippen LogP contribution in [-0.4, -0.2) is 41.8 Å². The maximum atomic E-state index is 12.7. The van der Waals surface area contributed by atoms with Gasteiger partial charge in [0, 0.05) is 21.5 Å². The molecule has 0 aliphatic carbocycles. The van der Waals surface area contributed by atoms with Crippen molar-refractivity contribution in [2.45, 2.75) is 37.6 Å². The van der Waals surface area contributed by atoms with E-state index in [2.05, 4.69) is 10.6 Å². The van der Waals surface area contributed by atoms with Crippen molar-refractivity contribution >= 4 is 68.4 Å². The molecule has 1 aromatic carbocycles. The van der Waals surface area contributed by atoms with Gasteiger partial charge in [-0.1, -0.05) is 42.3 Å². The summed E-state index contributed by atoms with van der Waals surface area (Å²) in [5, 5.41) is 17.5. The second-order valence-electron chi connectivity index (χ2n) is 7.41. The van der Waals surface area contributed by atoms with Crippen molar-refractivity contribution in [3.05, 3.63) is 56.6 Å². The topological polar surface area (TPSA) is 113 Å². The van der Waals surface area contributed by atoms with E-state index in [1.165, 1.54) is 22.7 Å². The molecule has 0 saturated carbocycles. The van der Waals surface area contributed by atoms with Crippen LogP contribution in [0.25, 0.3) is 10.1 Å². The molecule has 0 bridgehead atoms. The molecule has 0 radical (unpaired) electrons. The monoisotopic (exact) mass is 506 g/mol. The number of nitrogens with one attached hydrogen (secondary N) is 2. The van der Waals surface area contributed by atoms with Crippen molar-refractivity contribution in [2.24, 2.45) is 0 Å². The quantitative estimate of drug-likeness (QED) is 0.248. The zero-order chi connectivity index (χ0) is 23.8. The van der Waals surface area contributed by atoms with Crippen LogP contribution in [0.4, 0.5) is 0 Å². The number of benzene rings is 1. The number of thiophene rings is 2. The highest BCUT2D eigenvalue weighted by molar-refractivity contribution is 7.21. The molecule has 0 aliphatic heterocycles.